The first-order valence-corrected chi connectivity index (χ1v) is 12.6. The molecule has 0 unspecified atom stereocenters. The van der Waals surface area contributed by atoms with Crippen LogP contribution in [0, 0.1) is 0 Å². The molecule has 0 saturated carbocycles. The summed E-state index contributed by atoms with van der Waals surface area (Å²) in [4.78, 5) is 23.2. The SMILES string of the molecule is FC(F)(F)c1ccc(NC2CCN(c3nc(N4CCOCC4)nc(-n4cnc5ccccc54)n3)CC2)cc1. The van der Waals surface area contributed by atoms with E-state index in [0.29, 0.717) is 62.9 Å². The van der Waals surface area contributed by atoms with Crippen LogP contribution in [-0.2, 0) is 10.9 Å². The average Bonchev–Trinajstić information content (AvgIpc) is 3.38. The van der Waals surface area contributed by atoms with Gasteiger partial charge in [0.15, 0.2) is 0 Å². The summed E-state index contributed by atoms with van der Waals surface area (Å²) in [6.45, 7) is 4.04. The van der Waals surface area contributed by atoms with E-state index in [2.05, 4.69) is 20.1 Å². The molecule has 0 radical (unpaired) electrons. The zero-order valence-electron chi connectivity index (χ0n) is 20.6. The van der Waals surface area contributed by atoms with Gasteiger partial charge in [-0.3, -0.25) is 4.57 Å². The number of imidazole rings is 1. The first kappa shape index (κ1) is 24.4. The standard InChI is InChI=1S/C26H27F3N8O/c27-26(28,29)18-5-7-19(8-6-18)31-20-9-11-35(12-10-20)23-32-24(36-13-15-38-16-14-36)34-25(33-23)37-17-30-21-3-1-2-4-22(21)37/h1-8,17,20,31H,9-16H2. The number of rotatable bonds is 5. The summed E-state index contributed by atoms with van der Waals surface area (Å²) in [5.74, 6) is 1.72. The van der Waals surface area contributed by atoms with Crippen LogP contribution < -0.4 is 15.1 Å². The fraction of sp³-hybridized carbons (Fsp3) is 0.385. The van der Waals surface area contributed by atoms with Gasteiger partial charge in [0.05, 0.1) is 29.8 Å². The Morgan fingerprint density at radius 2 is 1.42 bits per heavy atom. The number of ether oxygens (including phenoxy) is 1. The average molecular weight is 525 g/mol. The molecule has 38 heavy (non-hydrogen) atoms. The molecule has 4 heterocycles. The third kappa shape index (κ3) is 5.08. The quantitative estimate of drug-likeness (QED) is 0.417. The summed E-state index contributed by atoms with van der Waals surface area (Å²) in [6.07, 6.45) is -1.02. The Bertz CT molecular complexity index is 1390. The predicted octanol–water partition coefficient (Wildman–Crippen LogP) is 4.15. The van der Waals surface area contributed by atoms with Crippen LogP contribution in [0.25, 0.3) is 17.0 Å². The van der Waals surface area contributed by atoms with Crippen molar-refractivity contribution in [3.05, 3.63) is 60.4 Å². The molecule has 4 aromatic rings. The van der Waals surface area contributed by atoms with Crippen LogP contribution in [0.15, 0.2) is 54.9 Å². The lowest BCUT2D eigenvalue weighted by molar-refractivity contribution is -0.137. The lowest BCUT2D eigenvalue weighted by atomic mass is 10.0. The van der Waals surface area contributed by atoms with Gasteiger partial charge in [0, 0.05) is 37.9 Å². The van der Waals surface area contributed by atoms with E-state index in [-0.39, 0.29) is 6.04 Å². The Kier molecular flexibility index (Phi) is 6.48. The zero-order valence-corrected chi connectivity index (χ0v) is 20.6. The molecule has 0 spiro atoms. The van der Waals surface area contributed by atoms with Crippen LogP contribution in [0.4, 0.5) is 30.8 Å². The largest absolute Gasteiger partial charge is 0.416 e. The minimum atomic E-state index is -4.34. The summed E-state index contributed by atoms with van der Waals surface area (Å²) in [7, 11) is 0. The molecule has 2 aliphatic heterocycles. The molecule has 2 fully saturated rings. The molecular weight excluding hydrogens is 497 g/mol. The van der Waals surface area contributed by atoms with Crippen LogP contribution >= 0.6 is 0 Å². The third-order valence-electron chi connectivity index (χ3n) is 6.92. The molecule has 0 atom stereocenters. The molecule has 2 aromatic heterocycles. The lowest BCUT2D eigenvalue weighted by Crippen LogP contribution is -2.41. The topological polar surface area (TPSA) is 84.2 Å². The smallest absolute Gasteiger partial charge is 0.382 e. The number of morpholine rings is 1. The van der Waals surface area contributed by atoms with Crippen molar-refractivity contribution in [3.8, 4) is 5.95 Å². The highest BCUT2D eigenvalue weighted by Gasteiger charge is 2.30. The number of alkyl halides is 3. The Balaban J connectivity index is 1.21. The van der Waals surface area contributed by atoms with E-state index in [1.807, 2.05) is 28.8 Å². The van der Waals surface area contributed by atoms with Crippen molar-refractivity contribution in [2.45, 2.75) is 25.1 Å². The van der Waals surface area contributed by atoms with E-state index in [1.165, 1.54) is 12.1 Å². The van der Waals surface area contributed by atoms with Gasteiger partial charge >= 0.3 is 6.18 Å². The van der Waals surface area contributed by atoms with Gasteiger partial charge in [0.1, 0.15) is 6.33 Å². The van der Waals surface area contributed by atoms with Gasteiger partial charge in [-0.2, -0.15) is 28.1 Å². The molecule has 0 amide bonds. The normalized spacial score (nSPS) is 17.2. The highest BCUT2D eigenvalue weighted by Crippen LogP contribution is 2.30. The molecule has 198 valence electrons. The second-order valence-corrected chi connectivity index (χ2v) is 9.42. The zero-order chi connectivity index (χ0) is 26.1. The van der Waals surface area contributed by atoms with Crippen LogP contribution in [0.5, 0.6) is 0 Å². The van der Waals surface area contributed by atoms with Crippen molar-refractivity contribution in [1.29, 1.82) is 0 Å². The van der Waals surface area contributed by atoms with Gasteiger partial charge in [-0.1, -0.05) is 12.1 Å². The fourth-order valence-corrected chi connectivity index (χ4v) is 4.83. The van der Waals surface area contributed by atoms with Gasteiger partial charge < -0.3 is 19.9 Å². The van der Waals surface area contributed by atoms with E-state index < -0.39 is 11.7 Å². The van der Waals surface area contributed by atoms with Crippen molar-refractivity contribution in [3.63, 3.8) is 0 Å². The van der Waals surface area contributed by atoms with Crippen LogP contribution in [-0.4, -0.2) is 69.9 Å². The maximum Gasteiger partial charge on any atom is 0.416 e. The van der Waals surface area contributed by atoms with Gasteiger partial charge in [-0.25, -0.2) is 4.98 Å². The molecule has 0 aliphatic carbocycles. The first-order chi connectivity index (χ1) is 18.4. The Hall–Kier alpha value is -3.93. The number of hydrogen-bond donors (Lipinski definition) is 1. The number of piperidine rings is 1. The summed E-state index contributed by atoms with van der Waals surface area (Å²) in [5, 5.41) is 3.37. The molecule has 2 saturated heterocycles. The van der Waals surface area contributed by atoms with Crippen LogP contribution in [0.2, 0.25) is 0 Å². The van der Waals surface area contributed by atoms with Crippen molar-refractivity contribution < 1.29 is 17.9 Å². The van der Waals surface area contributed by atoms with Crippen molar-refractivity contribution in [2.75, 3.05) is 54.5 Å². The second-order valence-electron chi connectivity index (χ2n) is 9.42. The molecule has 9 nitrogen and oxygen atoms in total. The van der Waals surface area contributed by atoms with E-state index >= 15 is 0 Å². The highest BCUT2D eigenvalue weighted by molar-refractivity contribution is 5.76. The van der Waals surface area contributed by atoms with E-state index in [9.17, 15) is 13.2 Å². The number of nitrogens with one attached hydrogen (secondary N) is 1. The second kappa shape index (κ2) is 10.1. The van der Waals surface area contributed by atoms with Crippen LogP contribution in [0.1, 0.15) is 18.4 Å². The van der Waals surface area contributed by atoms with Gasteiger partial charge in [0.25, 0.3) is 0 Å². The van der Waals surface area contributed by atoms with Crippen LogP contribution in [0.3, 0.4) is 0 Å². The summed E-state index contributed by atoms with van der Waals surface area (Å²) in [6, 6.07) is 13.2. The number of aromatic nitrogens is 5. The number of hydrogen-bond acceptors (Lipinski definition) is 8. The number of halogens is 3. The number of anilines is 3. The maximum absolute atomic E-state index is 12.9. The minimum absolute atomic E-state index is 0.139. The minimum Gasteiger partial charge on any atom is -0.382 e. The van der Waals surface area contributed by atoms with Gasteiger partial charge in [0.2, 0.25) is 17.8 Å². The molecule has 2 aromatic carbocycles. The number of fused-ring (bicyclic) bond motifs is 1. The predicted molar refractivity (Wildman–Crippen MR) is 138 cm³/mol. The van der Waals surface area contributed by atoms with E-state index in [4.69, 9.17) is 19.7 Å². The monoisotopic (exact) mass is 524 g/mol. The van der Waals surface area contributed by atoms with Crippen molar-refractivity contribution in [1.82, 2.24) is 24.5 Å². The first-order valence-electron chi connectivity index (χ1n) is 12.6. The third-order valence-corrected chi connectivity index (χ3v) is 6.92. The molecule has 1 N–H and O–H groups in total. The lowest BCUT2D eigenvalue weighted by Gasteiger charge is -2.34. The number of nitrogens with zero attached hydrogens (tertiary/aromatic N) is 7. The number of para-hydroxylation sites is 2. The molecule has 0 bridgehead atoms. The summed E-state index contributed by atoms with van der Waals surface area (Å²) < 4.78 is 46.0. The summed E-state index contributed by atoms with van der Waals surface area (Å²) >= 11 is 0. The number of benzene rings is 2. The highest BCUT2D eigenvalue weighted by atomic mass is 19.4. The fourth-order valence-electron chi connectivity index (χ4n) is 4.83. The Labute approximate surface area is 217 Å². The molecule has 12 heteroatoms. The maximum atomic E-state index is 12.9. The Morgan fingerprint density at radius 3 is 2.11 bits per heavy atom. The van der Waals surface area contributed by atoms with Gasteiger partial charge in [-0.05, 0) is 49.2 Å². The van der Waals surface area contributed by atoms with E-state index in [1.54, 1.807) is 6.33 Å². The van der Waals surface area contributed by atoms with Crippen molar-refractivity contribution in [2.24, 2.45) is 0 Å². The summed E-state index contributed by atoms with van der Waals surface area (Å²) in [5.41, 5.74) is 1.81. The van der Waals surface area contributed by atoms with Gasteiger partial charge in [-0.15, -0.1) is 0 Å². The molecule has 2 aliphatic rings. The van der Waals surface area contributed by atoms with E-state index in [0.717, 1.165) is 36.0 Å². The Morgan fingerprint density at radius 1 is 0.789 bits per heavy atom. The molecular formula is C26H27F3N8O. The molecule has 6 rings (SSSR count). The van der Waals surface area contributed by atoms with Crippen molar-refractivity contribution >= 4 is 28.6 Å².